The highest BCUT2D eigenvalue weighted by molar-refractivity contribution is 7.78. The second-order valence-electron chi connectivity index (χ2n) is 3.49. The maximum absolute atomic E-state index is 5.34. The minimum Gasteiger partial charge on any atom is -0.379 e. The minimum absolute atomic E-state index is 0.578. The lowest BCUT2D eigenvalue weighted by atomic mass is 10.5. The zero-order chi connectivity index (χ0) is 14.0. The molecule has 0 aromatic carbocycles. The van der Waals surface area contributed by atoms with E-state index >= 15 is 0 Å². The molecule has 0 saturated carbocycles. The van der Waals surface area contributed by atoms with E-state index in [1.807, 2.05) is 0 Å². The number of aliphatic imine (C=N–C) groups is 2. The van der Waals surface area contributed by atoms with Gasteiger partial charge in [0.1, 0.15) is 0 Å². The van der Waals surface area contributed by atoms with E-state index in [0.29, 0.717) is 52.7 Å². The smallest absolute Gasteiger partial charge is 0.0701 e. The van der Waals surface area contributed by atoms with Crippen LogP contribution in [0.1, 0.15) is 12.8 Å². The molecule has 0 aliphatic rings. The van der Waals surface area contributed by atoms with E-state index < -0.39 is 0 Å². The number of rotatable bonds is 14. The Kier molecular flexibility index (Phi) is 17.0. The molecule has 0 radical (unpaired) electrons. The van der Waals surface area contributed by atoms with E-state index in [1.165, 1.54) is 0 Å². The Balaban J connectivity index is 2.98. The fraction of sp³-hybridized carbons (Fsp3) is 0.833. The quantitative estimate of drug-likeness (QED) is 0.279. The molecule has 0 N–H and O–H groups in total. The lowest BCUT2D eigenvalue weighted by Gasteiger charge is -2.05. The highest BCUT2D eigenvalue weighted by Gasteiger charge is 1.92. The Morgan fingerprint density at radius 2 is 1.00 bits per heavy atom. The van der Waals surface area contributed by atoms with Crippen LogP contribution in [-0.4, -0.2) is 63.1 Å². The predicted octanol–water partition coefficient (Wildman–Crippen LogP) is 2.02. The highest BCUT2D eigenvalue weighted by Crippen LogP contribution is 1.87. The topological polar surface area (TPSA) is 52.4 Å². The number of ether oxygens (including phenoxy) is 3. The molecule has 0 aliphatic heterocycles. The first kappa shape index (κ1) is 18.5. The molecule has 19 heavy (non-hydrogen) atoms. The summed E-state index contributed by atoms with van der Waals surface area (Å²) in [6.07, 6.45) is 1.72. The molecular formula is C12H20N2O3S2. The van der Waals surface area contributed by atoms with Crippen molar-refractivity contribution in [2.45, 2.75) is 12.8 Å². The molecule has 0 unspecified atom stereocenters. The number of isothiocyanates is 2. The van der Waals surface area contributed by atoms with Crippen LogP contribution < -0.4 is 0 Å². The second-order valence-corrected chi connectivity index (χ2v) is 3.86. The van der Waals surface area contributed by atoms with E-state index in [4.69, 9.17) is 14.2 Å². The molecule has 0 aromatic rings. The van der Waals surface area contributed by atoms with Crippen molar-refractivity contribution < 1.29 is 14.2 Å². The number of thiocarbonyl (C=S) groups is 2. The van der Waals surface area contributed by atoms with E-state index in [-0.39, 0.29) is 0 Å². The van der Waals surface area contributed by atoms with Gasteiger partial charge < -0.3 is 14.2 Å². The van der Waals surface area contributed by atoms with Crippen LogP contribution in [0.15, 0.2) is 9.98 Å². The van der Waals surface area contributed by atoms with Gasteiger partial charge in [-0.1, -0.05) is 0 Å². The predicted molar refractivity (Wildman–Crippen MR) is 81.5 cm³/mol. The molecule has 108 valence electrons. The minimum atomic E-state index is 0.578. The molecule has 0 heterocycles. The lowest BCUT2D eigenvalue weighted by molar-refractivity contribution is 0.0143. The van der Waals surface area contributed by atoms with E-state index in [0.717, 1.165) is 12.8 Å². The molecule has 0 spiro atoms. The van der Waals surface area contributed by atoms with E-state index in [9.17, 15) is 0 Å². The summed E-state index contributed by atoms with van der Waals surface area (Å²) in [6.45, 7) is 5.01. The first-order chi connectivity index (χ1) is 9.41. The van der Waals surface area contributed by atoms with Crippen LogP contribution in [0.5, 0.6) is 0 Å². The summed E-state index contributed by atoms with van der Waals surface area (Å²) in [5.41, 5.74) is 0. The van der Waals surface area contributed by atoms with Crippen molar-refractivity contribution in [3.05, 3.63) is 0 Å². The van der Waals surface area contributed by atoms with Crippen LogP contribution in [0.3, 0.4) is 0 Å². The summed E-state index contributed by atoms with van der Waals surface area (Å²) in [6, 6.07) is 0. The molecule has 5 nitrogen and oxygen atoms in total. The van der Waals surface area contributed by atoms with Crippen molar-refractivity contribution in [3.8, 4) is 0 Å². The second kappa shape index (κ2) is 17.5. The average Bonchev–Trinajstić information content (AvgIpc) is 2.43. The van der Waals surface area contributed by atoms with Crippen molar-refractivity contribution in [1.29, 1.82) is 0 Å². The van der Waals surface area contributed by atoms with Crippen molar-refractivity contribution in [2.75, 3.05) is 52.7 Å². The van der Waals surface area contributed by atoms with Gasteiger partial charge in [-0.3, -0.25) is 0 Å². The number of nitrogens with zero attached hydrogens (tertiary/aromatic N) is 2. The fourth-order valence-corrected chi connectivity index (χ4v) is 1.31. The third-order valence-electron chi connectivity index (χ3n) is 1.99. The molecule has 0 aromatic heterocycles. The summed E-state index contributed by atoms with van der Waals surface area (Å²) < 4.78 is 16.0. The van der Waals surface area contributed by atoms with Crippen LogP contribution in [0.25, 0.3) is 0 Å². The Hall–Kier alpha value is -0.520. The zero-order valence-corrected chi connectivity index (χ0v) is 12.6. The van der Waals surface area contributed by atoms with Gasteiger partial charge in [0.05, 0.1) is 49.8 Å². The summed E-state index contributed by atoms with van der Waals surface area (Å²) >= 11 is 8.90. The van der Waals surface area contributed by atoms with Crippen LogP contribution in [-0.2, 0) is 14.2 Å². The number of hydrogen-bond acceptors (Lipinski definition) is 7. The summed E-state index contributed by atoms with van der Waals surface area (Å²) in [5.74, 6) is 0. The maximum Gasteiger partial charge on any atom is 0.0701 e. The monoisotopic (exact) mass is 304 g/mol. The molecular weight excluding hydrogens is 284 g/mol. The van der Waals surface area contributed by atoms with Gasteiger partial charge in [0, 0.05) is 13.2 Å². The molecule has 0 fully saturated rings. The Labute approximate surface area is 125 Å². The molecule has 0 aliphatic carbocycles. The van der Waals surface area contributed by atoms with Crippen LogP contribution in [0, 0.1) is 0 Å². The van der Waals surface area contributed by atoms with Crippen LogP contribution in [0.4, 0.5) is 0 Å². The first-order valence-electron chi connectivity index (χ1n) is 6.22. The molecule has 7 heteroatoms. The van der Waals surface area contributed by atoms with Crippen molar-refractivity contribution in [2.24, 2.45) is 9.98 Å². The van der Waals surface area contributed by atoms with Crippen LogP contribution >= 0.6 is 24.4 Å². The zero-order valence-electron chi connectivity index (χ0n) is 11.0. The van der Waals surface area contributed by atoms with Gasteiger partial charge in [-0.2, -0.15) is 0 Å². The van der Waals surface area contributed by atoms with Gasteiger partial charge in [0.25, 0.3) is 0 Å². The van der Waals surface area contributed by atoms with Gasteiger partial charge in [-0.25, -0.2) is 9.98 Å². The number of hydrogen-bond donors (Lipinski definition) is 0. The SMILES string of the molecule is S=C=NCCCOCCOCCOCCCN=C=S. The lowest BCUT2D eigenvalue weighted by Crippen LogP contribution is -2.10. The molecule has 0 rings (SSSR count). The Morgan fingerprint density at radius 3 is 1.37 bits per heavy atom. The van der Waals surface area contributed by atoms with Gasteiger partial charge >= 0.3 is 0 Å². The average molecular weight is 304 g/mol. The van der Waals surface area contributed by atoms with Crippen LogP contribution in [0.2, 0.25) is 0 Å². The fourth-order valence-electron chi connectivity index (χ4n) is 1.12. The third-order valence-corrected chi connectivity index (χ3v) is 2.25. The molecule has 0 saturated heterocycles. The van der Waals surface area contributed by atoms with Crippen molar-refractivity contribution >= 4 is 34.8 Å². The van der Waals surface area contributed by atoms with E-state index in [1.54, 1.807) is 0 Å². The molecule has 0 bridgehead atoms. The summed E-state index contributed by atoms with van der Waals surface area (Å²) in [4.78, 5) is 7.57. The molecule has 0 amide bonds. The first-order valence-corrected chi connectivity index (χ1v) is 7.04. The Morgan fingerprint density at radius 1 is 0.632 bits per heavy atom. The van der Waals surface area contributed by atoms with Crippen molar-refractivity contribution in [3.63, 3.8) is 0 Å². The Bertz CT molecular complexity index is 263. The standard InChI is InChI=1S/C12H20N2O3S2/c18-11-13-3-1-5-15-7-9-17-10-8-16-6-2-4-14-12-19/h1-10H2. The van der Waals surface area contributed by atoms with Crippen molar-refractivity contribution in [1.82, 2.24) is 0 Å². The third kappa shape index (κ3) is 17.5. The maximum atomic E-state index is 5.34. The van der Waals surface area contributed by atoms with E-state index in [2.05, 4.69) is 44.7 Å². The normalized spacial score (nSPS) is 9.68. The van der Waals surface area contributed by atoms with Gasteiger partial charge in [0.15, 0.2) is 0 Å². The summed E-state index contributed by atoms with van der Waals surface area (Å²) in [7, 11) is 0. The van der Waals surface area contributed by atoms with Gasteiger partial charge in [-0.15, -0.1) is 0 Å². The molecule has 0 atom stereocenters. The largest absolute Gasteiger partial charge is 0.379 e. The van der Waals surface area contributed by atoms with Gasteiger partial charge in [0.2, 0.25) is 0 Å². The summed E-state index contributed by atoms with van der Waals surface area (Å²) in [5, 5.41) is 4.63. The van der Waals surface area contributed by atoms with Gasteiger partial charge in [-0.05, 0) is 37.3 Å². The highest BCUT2D eigenvalue weighted by atomic mass is 32.1.